The first kappa shape index (κ1) is 9.58. The quantitative estimate of drug-likeness (QED) is 0.513. The first-order valence-corrected chi connectivity index (χ1v) is 4.12. The summed E-state index contributed by atoms with van der Waals surface area (Å²) in [7, 11) is 0. The molecular formula is C10H12O3. The lowest BCUT2D eigenvalue weighted by molar-refractivity contribution is -0.142. The van der Waals surface area contributed by atoms with E-state index in [0.29, 0.717) is 12.8 Å². The molecule has 0 aliphatic heterocycles. The topological polar surface area (TPSA) is 39.4 Å². The molecule has 0 radical (unpaired) electrons. The van der Waals surface area contributed by atoms with Crippen LogP contribution in [0.1, 0.15) is 12.2 Å². The molecule has 0 saturated heterocycles. The van der Waals surface area contributed by atoms with Gasteiger partial charge in [0.15, 0.2) is 0 Å². The van der Waals surface area contributed by atoms with E-state index in [-0.39, 0.29) is 12.6 Å². The molecule has 0 saturated carbocycles. The van der Waals surface area contributed by atoms with Crippen molar-refractivity contribution in [1.29, 1.82) is 0 Å². The van der Waals surface area contributed by atoms with E-state index in [1.807, 2.05) is 6.07 Å². The minimum absolute atomic E-state index is 0.226. The molecule has 0 atom stereocenters. The Morgan fingerprint density at radius 1 is 1.69 bits per heavy atom. The summed E-state index contributed by atoms with van der Waals surface area (Å²) in [5.41, 5.74) is 0. The van der Waals surface area contributed by atoms with Gasteiger partial charge >= 0.3 is 5.97 Å². The van der Waals surface area contributed by atoms with Crippen LogP contribution in [0.5, 0.6) is 0 Å². The standard InChI is InChI=1S/C10H12O3/c1-2-7-13-10(11)6-5-9-4-3-8-12-9/h2-4,8H,1,5-7H2. The summed E-state index contributed by atoms with van der Waals surface area (Å²) in [6, 6.07) is 3.63. The summed E-state index contributed by atoms with van der Waals surface area (Å²) < 4.78 is 9.85. The average molecular weight is 180 g/mol. The molecule has 3 nitrogen and oxygen atoms in total. The maximum Gasteiger partial charge on any atom is 0.306 e. The van der Waals surface area contributed by atoms with Gasteiger partial charge in [0.25, 0.3) is 0 Å². The van der Waals surface area contributed by atoms with Crippen molar-refractivity contribution in [1.82, 2.24) is 0 Å². The lowest BCUT2D eigenvalue weighted by Gasteiger charge is -1.99. The maximum atomic E-state index is 11.0. The van der Waals surface area contributed by atoms with Crippen molar-refractivity contribution in [2.24, 2.45) is 0 Å². The Morgan fingerprint density at radius 3 is 3.15 bits per heavy atom. The predicted molar refractivity (Wildman–Crippen MR) is 48.2 cm³/mol. The third-order valence-electron chi connectivity index (χ3n) is 1.52. The summed E-state index contributed by atoms with van der Waals surface area (Å²) in [5, 5.41) is 0. The second-order valence-corrected chi connectivity index (χ2v) is 2.55. The van der Waals surface area contributed by atoms with Crippen LogP contribution in [0.2, 0.25) is 0 Å². The van der Waals surface area contributed by atoms with Gasteiger partial charge in [-0.1, -0.05) is 12.7 Å². The Bertz CT molecular complexity index is 262. The van der Waals surface area contributed by atoms with E-state index < -0.39 is 0 Å². The Labute approximate surface area is 77.0 Å². The highest BCUT2D eigenvalue weighted by atomic mass is 16.5. The van der Waals surface area contributed by atoms with E-state index in [1.165, 1.54) is 0 Å². The minimum atomic E-state index is -0.226. The Hall–Kier alpha value is -1.51. The van der Waals surface area contributed by atoms with Gasteiger partial charge in [-0.15, -0.1) is 0 Å². The molecule has 0 aromatic carbocycles. The van der Waals surface area contributed by atoms with Crippen LogP contribution >= 0.6 is 0 Å². The fraction of sp³-hybridized carbons (Fsp3) is 0.300. The zero-order chi connectivity index (χ0) is 9.52. The van der Waals surface area contributed by atoms with Crippen molar-refractivity contribution in [3.05, 3.63) is 36.8 Å². The monoisotopic (exact) mass is 180 g/mol. The molecule has 0 aliphatic rings. The SMILES string of the molecule is C=CCOC(=O)CCc1ccco1. The number of hydrogen-bond acceptors (Lipinski definition) is 3. The molecule has 0 bridgehead atoms. The second kappa shape index (κ2) is 5.19. The molecule has 70 valence electrons. The molecule has 0 aliphatic carbocycles. The van der Waals surface area contributed by atoms with Gasteiger partial charge in [-0.3, -0.25) is 4.79 Å². The molecular weight excluding hydrogens is 168 g/mol. The van der Waals surface area contributed by atoms with Gasteiger partial charge in [-0.05, 0) is 12.1 Å². The van der Waals surface area contributed by atoms with E-state index in [0.717, 1.165) is 5.76 Å². The van der Waals surface area contributed by atoms with E-state index in [4.69, 9.17) is 9.15 Å². The number of aryl methyl sites for hydroxylation is 1. The molecule has 1 rings (SSSR count). The molecule has 3 heteroatoms. The van der Waals surface area contributed by atoms with E-state index in [1.54, 1.807) is 18.4 Å². The van der Waals surface area contributed by atoms with E-state index in [9.17, 15) is 4.79 Å². The van der Waals surface area contributed by atoms with Gasteiger partial charge < -0.3 is 9.15 Å². The molecule has 0 spiro atoms. The molecule has 0 unspecified atom stereocenters. The maximum absolute atomic E-state index is 11.0. The number of carbonyl (C=O) groups excluding carboxylic acids is 1. The summed E-state index contributed by atoms with van der Waals surface area (Å²) in [6.07, 6.45) is 4.07. The van der Waals surface area contributed by atoms with Crippen LogP contribution in [-0.2, 0) is 16.0 Å². The summed E-state index contributed by atoms with van der Waals surface area (Å²) >= 11 is 0. The van der Waals surface area contributed by atoms with Crippen LogP contribution < -0.4 is 0 Å². The van der Waals surface area contributed by atoms with Crippen LogP contribution in [0.4, 0.5) is 0 Å². The lowest BCUT2D eigenvalue weighted by atomic mass is 10.2. The van der Waals surface area contributed by atoms with Crippen molar-refractivity contribution in [3.63, 3.8) is 0 Å². The van der Waals surface area contributed by atoms with Crippen LogP contribution in [-0.4, -0.2) is 12.6 Å². The predicted octanol–water partition coefficient (Wildman–Crippen LogP) is 1.94. The average Bonchev–Trinajstić information content (AvgIpc) is 2.64. The number of esters is 1. The highest BCUT2D eigenvalue weighted by Gasteiger charge is 2.03. The molecule has 1 aromatic rings. The van der Waals surface area contributed by atoms with Crippen molar-refractivity contribution < 1.29 is 13.9 Å². The van der Waals surface area contributed by atoms with Crippen molar-refractivity contribution in [2.75, 3.05) is 6.61 Å². The molecule has 0 fully saturated rings. The van der Waals surface area contributed by atoms with Crippen molar-refractivity contribution in [3.8, 4) is 0 Å². The number of hydrogen-bond donors (Lipinski definition) is 0. The molecule has 1 heterocycles. The number of ether oxygens (including phenoxy) is 1. The van der Waals surface area contributed by atoms with Gasteiger partial charge in [0, 0.05) is 6.42 Å². The summed E-state index contributed by atoms with van der Waals surface area (Å²) in [6.45, 7) is 3.72. The van der Waals surface area contributed by atoms with E-state index >= 15 is 0 Å². The summed E-state index contributed by atoms with van der Waals surface area (Å²) in [5.74, 6) is 0.576. The number of rotatable bonds is 5. The lowest BCUT2D eigenvalue weighted by Crippen LogP contribution is -2.05. The van der Waals surface area contributed by atoms with Crippen molar-refractivity contribution in [2.45, 2.75) is 12.8 Å². The highest BCUT2D eigenvalue weighted by Crippen LogP contribution is 2.03. The molecule has 0 N–H and O–H groups in total. The fourth-order valence-corrected chi connectivity index (χ4v) is 0.904. The van der Waals surface area contributed by atoms with Gasteiger partial charge in [0.1, 0.15) is 12.4 Å². The fourth-order valence-electron chi connectivity index (χ4n) is 0.904. The molecule has 0 amide bonds. The second-order valence-electron chi connectivity index (χ2n) is 2.55. The Kier molecular flexibility index (Phi) is 3.82. The number of carbonyl (C=O) groups is 1. The summed E-state index contributed by atoms with van der Waals surface area (Å²) in [4.78, 5) is 11.0. The van der Waals surface area contributed by atoms with E-state index in [2.05, 4.69) is 6.58 Å². The zero-order valence-electron chi connectivity index (χ0n) is 7.36. The smallest absolute Gasteiger partial charge is 0.306 e. The van der Waals surface area contributed by atoms with Crippen LogP contribution in [0.15, 0.2) is 35.5 Å². The van der Waals surface area contributed by atoms with Gasteiger partial charge in [0.2, 0.25) is 0 Å². The first-order chi connectivity index (χ1) is 6.33. The molecule has 13 heavy (non-hydrogen) atoms. The van der Waals surface area contributed by atoms with Crippen molar-refractivity contribution >= 4 is 5.97 Å². The van der Waals surface area contributed by atoms with Gasteiger partial charge in [-0.2, -0.15) is 0 Å². The van der Waals surface area contributed by atoms with Gasteiger partial charge in [-0.25, -0.2) is 0 Å². The highest BCUT2D eigenvalue weighted by molar-refractivity contribution is 5.69. The largest absolute Gasteiger partial charge is 0.469 e. The van der Waals surface area contributed by atoms with Gasteiger partial charge in [0.05, 0.1) is 12.7 Å². The Balaban J connectivity index is 2.19. The minimum Gasteiger partial charge on any atom is -0.469 e. The third kappa shape index (κ3) is 3.60. The third-order valence-corrected chi connectivity index (χ3v) is 1.52. The normalized spacial score (nSPS) is 9.54. The first-order valence-electron chi connectivity index (χ1n) is 4.12. The van der Waals surface area contributed by atoms with Crippen LogP contribution in [0.25, 0.3) is 0 Å². The zero-order valence-corrected chi connectivity index (χ0v) is 7.36. The van der Waals surface area contributed by atoms with Crippen LogP contribution in [0, 0.1) is 0 Å². The number of furan rings is 1. The molecule has 1 aromatic heterocycles. The Morgan fingerprint density at radius 2 is 2.54 bits per heavy atom. The van der Waals surface area contributed by atoms with Crippen LogP contribution in [0.3, 0.4) is 0 Å².